The third-order valence-electron chi connectivity index (χ3n) is 4.40. The van der Waals surface area contributed by atoms with Gasteiger partial charge in [0.25, 0.3) is 0 Å². The lowest BCUT2D eigenvalue weighted by Crippen LogP contribution is -2.47. The fraction of sp³-hybridized carbons (Fsp3) is 0.625. The second-order valence-corrected chi connectivity index (χ2v) is 5.74. The summed E-state index contributed by atoms with van der Waals surface area (Å²) in [5, 5.41) is 3.19. The second-order valence-electron chi connectivity index (χ2n) is 5.74. The molecule has 19 heavy (non-hydrogen) atoms. The van der Waals surface area contributed by atoms with Crippen LogP contribution in [0.4, 0.5) is 0 Å². The van der Waals surface area contributed by atoms with E-state index >= 15 is 0 Å². The third-order valence-corrected chi connectivity index (χ3v) is 4.40. The van der Waals surface area contributed by atoms with E-state index in [9.17, 15) is 0 Å². The molecule has 0 unspecified atom stereocenters. The quantitative estimate of drug-likeness (QED) is 0.886. The van der Waals surface area contributed by atoms with Crippen molar-refractivity contribution in [1.29, 1.82) is 0 Å². The molecule has 1 aromatic rings. The normalized spacial score (nSPS) is 30.9. The van der Waals surface area contributed by atoms with Gasteiger partial charge in [0.05, 0.1) is 19.3 Å². The van der Waals surface area contributed by atoms with Crippen LogP contribution in [-0.2, 0) is 28.1 Å². The molecule has 3 rings (SSSR count). The van der Waals surface area contributed by atoms with Crippen LogP contribution in [-0.4, -0.2) is 26.3 Å². The maximum Gasteiger partial charge on any atom is 0.192 e. The zero-order chi connectivity index (χ0) is 13.3. The van der Waals surface area contributed by atoms with Crippen molar-refractivity contribution in [2.45, 2.75) is 44.4 Å². The summed E-state index contributed by atoms with van der Waals surface area (Å²) in [4.78, 5) is 0. The molecule has 1 N–H and O–H groups in total. The van der Waals surface area contributed by atoms with Crippen LogP contribution >= 0.6 is 0 Å². The predicted molar refractivity (Wildman–Crippen MR) is 75.2 cm³/mol. The van der Waals surface area contributed by atoms with E-state index in [1.165, 1.54) is 36.8 Å². The van der Waals surface area contributed by atoms with Gasteiger partial charge < -0.3 is 14.8 Å². The highest BCUT2D eigenvalue weighted by Gasteiger charge is 2.34. The van der Waals surface area contributed by atoms with Crippen LogP contribution in [0.5, 0.6) is 0 Å². The summed E-state index contributed by atoms with van der Waals surface area (Å²) in [6, 6.07) is 7.01. The number of aryl methyl sites for hydroxylation is 2. The van der Waals surface area contributed by atoms with E-state index in [1.54, 1.807) is 0 Å². The Morgan fingerprint density at radius 1 is 1.11 bits per heavy atom. The molecule has 0 atom stereocenters. The Kier molecular flexibility index (Phi) is 3.61. The van der Waals surface area contributed by atoms with Gasteiger partial charge in [0, 0.05) is 5.56 Å². The van der Waals surface area contributed by atoms with E-state index in [1.807, 2.05) is 14.0 Å². The summed E-state index contributed by atoms with van der Waals surface area (Å²) in [6.45, 7) is 3.43. The molecule has 1 aliphatic carbocycles. The fourth-order valence-corrected chi connectivity index (χ4v) is 2.96. The Labute approximate surface area is 115 Å². The molecule has 1 saturated heterocycles. The first-order valence-corrected chi connectivity index (χ1v) is 7.29. The first kappa shape index (κ1) is 13.1. The highest BCUT2D eigenvalue weighted by Crippen LogP contribution is 2.33. The zero-order valence-electron chi connectivity index (χ0n) is 11.9. The van der Waals surface area contributed by atoms with Crippen LogP contribution in [0.25, 0.3) is 0 Å². The van der Waals surface area contributed by atoms with Crippen molar-refractivity contribution < 1.29 is 9.47 Å². The van der Waals surface area contributed by atoms with E-state index in [0.717, 1.165) is 5.56 Å². The van der Waals surface area contributed by atoms with Gasteiger partial charge in [0.2, 0.25) is 0 Å². The standard InChI is InChI=1S/C16H23NO2/c1-16(18-10-15(17-2)11-19-16)14-8-7-12-5-3-4-6-13(12)9-14/h7-9,15,17H,3-6,10-11H2,1-2H3. The Balaban J connectivity index is 1.81. The van der Waals surface area contributed by atoms with E-state index < -0.39 is 5.79 Å². The van der Waals surface area contributed by atoms with E-state index in [2.05, 4.69) is 23.5 Å². The lowest BCUT2D eigenvalue weighted by Gasteiger charge is -2.38. The molecule has 0 aromatic heterocycles. The first-order chi connectivity index (χ1) is 9.21. The number of nitrogens with one attached hydrogen (secondary N) is 1. The lowest BCUT2D eigenvalue weighted by molar-refractivity contribution is -0.272. The number of fused-ring (bicyclic) bond motifs is 1. The van der Waals surface area contributed by atoms with Gasteiger partial charge in [0.15, 0.2) is 5.79 Å². The monoisotopic (exact) mass is 261 g/mol. The fourth-order valence-electron chi connectivity index (χ4n) is 2.96. The maximum absolute atomic E-state index is 5.96. The molecule has 1 fully saturated rings. The highest BCUT2D eigenvalue weighted by atomic mass is 16.7. The van der Waals surface area contributed by atoms with Gasteiger partial charge in [-0.3, -0.25) is 0 Å². The van der Waals surface area contributed by atoms with Crippen LogP contribution in [0.15, 0.2) is 18.2 Å². The zero-order valence-corrected chi connectivity index (χ0v) is 11.9. The van der Waals surface area contributed by atoms with Gasteiger partial charge in [-0.1, -0.05) is 18.2 Å². The van der Waals surface area contributed by atoms with E-state index in [4.69, 9.17) is 9.47 Å². The minimum absolute atomic E-state index is 0.297. The summed E-state index contributed by atoms with van der Waals surface area (Å²) < 4.78 is 11.9. The Hall–Kier alpha value is -0.900. The minimum atomic E-state index is -0.584. The molecule has 0 spiro atoms. The Morgan fingerprint density at radius 3 is 2.47 bits per heavy atom. The van der Waals surface area contributed by atoms with Crippen molar-refractivity contribution in [3.63, 3.8) is 0 Å². The molecule has 2 aliphatic rings. The van der Waals surface area contributed by atoms with Gasteiger partial charge in [-0.2, -0.15) is 0 Å². The van der Waals surface area contributed by atoms with Crippen LogP contribution in [0.1, 0.15) is 36.5 Å². The predicted octanol–water partition coefficient (Wildman–Crippen LogP) is 2.37. The maximum atomic E-state index is 5.96. The largest absolute Gasteiger partial charge is 0.344 e. The summed E-state index contributed by atoms with van der Waals surface area (Å²) in [5.74, 6) is -0.584. The van der Waals surface area contributed by atoms with E-state index in [-0.39, 0.29) is 0 Å². The number of hydrogen-bond acceptors (Lipinski definition) is 3. The highest BCUT2D eigenvalue weighted by molar-refractivity contribution is 5.35. The molecule has 0 radical (unpaired) electrons. The molecule has 0 saturated carbocycles. The minimum Gasteiger partial charge on any atom is -0.344 e. The molecule has 1 heterocycles. The average Bonchev–Trinajstić information content (AvgIpc) is 2.47. The van der Waals surface area contributed by atoms with Crippen molar-refractivity contribution in [2.75, 3.05) is 20.3 Å². The van der Waals surface area contributed by atoms with Crippen molar-refractivity contribution in [3.8, 4) is 0 Å². The SMILES string of the molecule is CNC1COC(C)(c2ccc3c(c2)CCCC3)OC1. The number of likely N-dealkylation sites (N-methyl/N-ethyl adjacent to an activating group) is 1. The summed E-state index contributed by atoms with van der Waals surface area (Å²) in [6.07, 6.45) is 5.03. The molecule has 104 valence electrons. The average molecular weight is 261 g/mol. The van der Waals surface area contributed by atoms with Gasteiger partial charge >= 0.3 is 0 Å². The Morgan fingerprint density at radius 2 is 1.79 bits per heavy atom. The third kappa shape index (κ3) is 2.55. The summed E-state index contributed by atoms with van der Waals surface area (Å²) >= 11 is 0. The molecule has 0 amide bonds. The summed E-state index contributed by atoms with van der Waals surface area (Å²) in [5.41, 5.74) is 4.14. The number of rotatable bonds is 2. The van der Waals surface area contributed by atoms with Gasteiger partial charge in [0.1, 0.15) is 0 Å². The number of ether oxygens (including phenoxy) is 2. The van der Waals surface area contributed by atoms with Crippen LogP contribution in [0.2, 0.25) is 0 Å². The molecule has 3 heteroatoms. The molecular formula is C16H23NO2. The van der Waals surface area contributed by atoms with Crippen molar-refractivity contribution in [1.82, 2.24) is 5.32 Å². The first-order valence-electron chi connectivity index (χ1n) is 7.29. The van der Waals surface area contributed by atoms with Crippen molar-refractivity contribution in [2.24, 2.45) is 0 Å². The molecular weight excluding hydrogens is 238 g/mol. The Bertz CT molecular complexity index is 450. The molecule has 1 aliphatic heterocycles. The molecule has 3 nitrogen and oxygen atoms in total. The second kappa shape index (κ2) is 5.23. The summed E-state index contributed by atoms with van der Waals surface area (Å²) in [7, 11) is 1.94. The van der Waals surface area contributed by atoms with Gasteiger partial charge in [-0.15, -0.1) is 0 Å². The van der Waals surface area contributed by atoms with Crippen molar-refractivity contribution >= 4 is 0 Å². The number of hydrogen-bond donors (Lipinski definition) is 1. The van der Waals surface area contributed by atoms with E-state index in [0.29, 0.717) is 19.3 Å². The van der Waals surface area contributed by atoms with Crippen molar-refractivity contribution in [3.05, 3.63) is 34.9 Å². The number of benzene rings is 1. The van der Waals surface area contributed by atoms with Gasteiger partial charge in [-0.25, -0.2) is 0 Å². The van der Waals surface area contributed by atoms with Crippen LogP contribution in [0.3, 0.4) is 0 Å². The topological polar surface area (TPSA) is 30.5 Å². The van der Waals surface area contributed by atoms with Crippen LogP contribution < -0.4 is 5.32 Å². The molecule has 1 aromatic carbocycles. The van der Waals surface area contributed by atoms with Gasteiger partial charge in [-0.05, 0) is 50.8 Å². The van der Waals surface area contributed by atoms with Crippen LogP contribution in [0, 0.1) is 0 Å². The lowest BCUT2D eigenvalue weighted by atomic mass is 9.89. The molecule has 0 bridgehead atoms. The smallest absolute Gasteiger partial charge is 0.192 e.